The van der Waals surface area contributed by atoms with Gasteiger partial charge in [-0.15, -0.1) is 11.3 Å². The number of rotatable bonds is 2. The first-order valence-electron chi connectivity index (χ1n) is 3.46. The van der Waals surface area contributed by atoms with Gasteiger partial charge in [-0.05, 0) is 35.8 Å². The monoisotopic (exact) mass is 310 g/mol. The van der Waals surface area contributed by atoms with Gasteiger partial charge in [-0.2, -0.15) is 0 Å². The second-order valence-electron chi connectivity index (χ2n) is 2.51. The van der Waals surface area contributed by atoms with Crippen LogP contribution in [0.25, 0.3) is 0 Å². The van der Waals surface area contributed by atoms with Crippen LogP contribution in [0.2, 0.25) is 0 Å². The molecule has 1 heterocycles. The normalized spacial score (nSPS) is 13.0. The molecule has 1 unspecified atom stereocenters. The van der Waals surface area contributed by atoms with E-state index in [0.717, 1.165) is 14.2 Å². The molecule has 1 aromatic heterocycles. The fourth-order valence-corrected chi connectivity index (χ4v) is 3.08. The number of carbonyl (C=O) groups excluding carboxylic acids is 1. The number of ketones is 1. The van der Waals surface area contributed by atoms with E-state index in [1.165, 1.54) is 11.3 Å². The van der Waals surface area contributed by atoms with Crippen molar-refractivity contribution < 1.29 is 4.79 Å². The van der Waals surface area contributed by atoms with Crippen molar-refractivity contribution in [1.82, 2.24) is 0 Å². The molecule has 0 aliphatic rings. The summed E-state index contributed by atoms with van der Waals surface area (Å²) in [5, 5.41) is 0. The molecule has 1 nitrogen and oxygen atoms in total. The Morgan fingerprint density at radius 2 is 2.25 bits per heavy atom. The molecule has 0 radical (unpaired) electrons. The third kappa shape index (κ3) is 2.18. The first kappa shape index (κ1) is 10.4. The summed E-state index contributed by atoms with van der Waals surface area (Å²) in [7, 11) is 0. The van der Waals surface area contributed by atoms with Crippen LogP contribution in [-0.2, 0) is 0 Å². The lowest BCUT2D eigenvalue weighted by Gasteiger charge is -1.98. The summed E-state index contributed by atoms with van der Waals surface area (Å²) in [6.07, 6.45) is 0. The first-order chi connectivity index (χ1) is 5.52. The number of halogens is 2. The van der Waals surface area contributed by atoms with Crippen LogP contribution in [0.5, 0.6) is 0 Å². The van der Waals surface area contributed by atoms with Gasteiger partial charge in [-0.1, -0.05) is 15.9 Å². The molecular weight excluding hydrogens is 304 g/mol. The number of thiophene rings is 1. The number of Topliss-reactive ketones (excluding diaryl/α,β-unsaturated/α-hetero) is 1. The molecule has 0 aliphatic heterocycles. The minimum atomic E-state index is -0.105. The van der Waals surface area contributed by atoms with E-state index in [1.54, 1.807) is 0 Å². The maximum atomic E-state index is 11.5. The van der Waals surface area contributed by atoms with Gasteiger partial charge in [0.15, 0.2) is 5.78 Å². The predicted octanol–water partition coefficient (Wildman–Crippen LogP) is 3.79. The summed E-state index contributed by atoms with van der Waals surface area (Å²) in [5.41, 5.74) is 0. The SMILES string of the molecule is Cc1cc(Br)c(C(=O)C(C)Br)s1. The van der Waals surface area contributed by atoms with Crippen molar-refractivity contribution in [2.24, 2.45) is 0 Å². The number of hydrogen-bond donors (Lipinski definition) is 0. The molecular formula is C8H8Br2OS. The molecule has 4 heteroatoms. The minimum Gasteiger partial charge on any atom is -0.292 e. The van der Waals surface area contributed by atoms with Gasteiger partial charge in [0.2, 0.25) is 0 Å². The summed E-state index contributed by atoms with van der Waals surface area (Å²) < 4.78 is 0.904. The van der Waals surface area contributed by atoms with Crippen molar-refractivity contribution in [1.29, 1.82) is 0 Å². The molecule has 1 rings (SSSR count). The molecule has 66 valence electrons. The van der Waals surface area contributed by atoms with Gasteiger partial charge in [0.25, 0.3) is 0 Å². The van der Waals surface area contributed by atoms with E-state index < -0.39 is 0 Å². The standard InChI is InChI=1S/C8H8Br2OS/c1-4-3-6(10)8(12-4)7(11)5(2)9/h3,5H,1-2H3. The molecule has 0 spiro atoms. The minimum absolute atomic E-state index is 0.105. The maximum Gasteiger partial charge on any atom is 0.187 e. The first-order valence-corrected chi connectivity index (χ1v) is 5.99. The molecule has 12 heavy (non-hydrogen) atoms. The zero-order valence-electron chi connectivity index (χ0n) is 6.73. The van der Waals surface area contributed by atoms with Crippen molar-refractivity contribution in [3.63, 3.8) is 0 Å². The quantitative estimate of drug-likeness (QED) is 0.600. The van der Waals surface area contributed by atoms with Gasteiger partial charge in [0.1, 0.15) is 0 Å². The van der Waals surface area contributed by atoms with Gasteiger partial charge in [0, 0.05) is 9.35 Å². The summed E-state index contributed by atoms with van der Waals surface area (Å²) in [4.78, 5) is 13.4. The summed E-state index contributed by atoms with van der Waals surface area (Å²) in [5.74, 6) is 0.139. The highest BCUT2D eigenvalue weighted by atomic mass is 79.9. The fourth-order valence-electron chi connectivity index (χ4n) is 0.832. The topological polar surface area (TPSA) is 17.1 Å². The number of alkyl halides is 1. The molecule has 1 atom stereocenters. The van der Waals surface area contributed by atoms with Crippen LogP contribution >= 0.6 is 43.2 Å². The van der Waals surface area contributed by atoms with Crippen molar-refractivity contribution in [3.05, 3.63) is 20.3 Å². The summed E-state index contributed by atoms with van der Waals surface area (Å²) in [6.45, 7) is 3.83. The van der Waals surface area contributed by atoms with Gasteiger partial charge < -0.3 is 0 Å². The Bertz CT molecular complexity index is 304. The zero-order chi connectivity index (χ0) is 9.30. The fraction of sp³-hybridized carbons (Fsp3) is 0.375. The van der Waals surface area contributed by atoms with E-state index in [1.807, 2.05) is 19.9 Å². The molecule has 0 saturated carbocycles. The lowest BCUT2D eigenvalue weighted by molar-refractivity contribution is 0.0999. The lowest BCUT2D eigenvalue weighted by Crippen LogP contribution is -2.08. The summed E-state index contributed by atoms with van der Waals surface area (Å²) >= 11 is 8.14. The Labute approximate surface area is 92.4 Å². The molecule has 0 fully saturated rings. The smallest absolute Gasteiger partial charge is 0.187 e. The summed E-state index contributed by atoms with van der Waals surface area (Å²) in [6, 6.07) is 1.97. The average Bonchev–Trinajstić information content (AvgIpc) is 2.28. The Hall–Kier alpha value is 0.330. The van der Waals surface area contributed by atoms with Crippen LogP contribution < -0.4 is 0 Å². The van der Waals surface area contributed by atoms with Gasteiger partial charge in [-0.3, -0.25) is 4.79 Å². The van der Waals surface area contributed by atoms with E-state index in [0.29, 0.717) is 0 Å². The highest BCUT2D eigenvalue weighted by Gasteiger charge is 2.17. The molecule has 0 aromatic carbocycles. The van der Waals surface area contributed by atoms with Crippen molar-refractivity contribution >= 4 is 49.0 Å². The van der Waals surface area contributed by atoms with Crippen LogP contribution in [-0.4, -0.2) is 10.6 Å². The van der Waals surface area contributed by atoms with Crippen molar-refractivity contribution in [3.8, 4) is 0 Å². The Kier molecular flexibility index (Phi) is 3.49. The van der Waals surface area contributed by atoms with E-state index in [2.05, 4.69) is 31.9 Å². The second kappa shape index (κ2) is 4.03. The second-order valence-corrected chi connectivity index (χ2v) is 6.00. The van der Waals surface area contributed by atoms with Crippen molar-refractivity contribution in [2.45, 2.75) is 18.7 Å². The number of hydrogen-bond acceptors (Lipinski definition) is 2. The Morgan fingerprint density at radius 1 is 1.67 bits per heavy atom. The number of carbonyl (C=O) groups is 1. The van der Waals surface area contributed by atoms with Crippen LogP contribution in [0.15, 0.2) is 10.5 Å². The third-order valence-corrected chi connectivity index (χ3v) is 3.76. The zero-order valence-corrected chi connectivity index (χ0v) is 10.7. The maximum absolute atomic E-state index is 11.5. The van der Waals surface area contributed by atoms with Crippen LogP contribution in [0.4, 0.5) is 0 Å². The Morgan fingerprint density at radius 3 is 2.58 bits per heavy atom. The highest BCUT2D eigenvalue weighted by Crippen LogP contribution is 2.28. The van der Waals surface area contributed by atoms with Gasteiger partial charge in [-0.25, -0.2) is 0 Å². The van der Waals surface area contributed by atoms with Gasteiger partial charge >= 0.3 is 0 Å². The third-order valence-electron chi connectivity index (χ3n) is 1.40. The molecule has 0 aliphatic carbocycles. The largest absolute Gasteiger partial charge is 0.292 e. The molecule has 0 N–H and O–H groups in total. The predicted molar refractivity (Wildman–Crippen MR) is 59.5 cm³/mol. The molecule has 0 bridgehead atoms. The van der Waals surface area contributed by atoms with E-state index in [9.17, 15) is 4.79 Å². The van der Waals surface area contributed by atoms with Gasteiger partial charge in [0.05, 0.1) is 9.70 Å². The lowest BCUT2D eigenvalue weighted by atomic mass is 10.2. The molecule has 0 saturated heterocycles. The van der Waals surface area contributed by atoms with Crippen LogP contribution in [0, 0.1) is 6.92 Å². The average molecular weight is 312 g/mol. The highest BCUT2D eigenvalue weighted by molar-refractivity contribution is 9.10. The van der Waals surface area contributed by atoms with E-state index in [4.69, 9.17) is 0 Å². The van der Waals surface area contributed by atoms with Crippen molar-refractivity contribution in [2.75, 3.05) is 0 Å². The van der Waals surface area contributed by atoms with E-state index in [-0.39, 0.29) is 10.6 Å². The molecule has 0 amide bonds. The van der Waals surface area contributed by atoms with Crippen LogP contribution in [0.3, 0.4) is 0 Å². The molecule has 1 aromatic rings. The Balaban J connectivity index is 3.02. The van der Waals surface area contributed by atoms with Crippen LogP contribution in [0.1, 0.15) is 21.5 Å². The number of aryl methyl sites for hydroxylation is 1. The van der Waals surface area contributed by atoms with E-state index >= 15 is 0 Å².